The second kappa shape index (κ2) is 1.60. The van der Waals surface area contributed by atoms with Crippen molar-refractivity contribution in [3.63, 3.8) is 0 Å². The maximum Gasteiger partial charge on any atom is 0.346 e. The van der Waals surface area contributed by atoms with Gasteiger partial charge >= 0.3 is 5.43 Å². The molecule has 0 aliphatic rings. The van der Waals surface area contributed by atoms with E-state index in [1.165, 1.54) is 24.7 Å². The lowest BCUT2D eigenvalue weighted by atomic mass is 10.5. The molecule has 0 amide bonds. The molecule has 0 radical (unpaired) electrons. The molecule has 0 saturated carbocycles. The van der Waals surface area contributed by atoms with Crippen molar-refractivity contribution in [3.05, 3.63) is 30.1 Å². The summed E-state index contributed by atoms with van der Waals surface area (Å²) >= 11 is 0. The Morgan fingerprint density at radius 3 is 2.14 bits per heavy atom. The summed E-state index contributed by atoms with van der Waals surface area (Å²) in [6.45, 7) is 0. The zero-order valence-electron chi connectivity index (χ0n) is 3.66. The Bertz CT molecular complexity index is 172. The molecule has 0 saturated heterocycles. The van der Waals surface area contributed by atoms with E-state index in [0.717, 1.165) is 0 Å². The third-order valence-electron chi connectivity index (χ3n) is 0.635. The van der Waals surface area contributed by atoms with Gasteiger partial charge in [0.2, 0.25) is 0 Å². The van der Waals surface area contributed by atoms with Crippen LogP contribution < -0.4 is 5.43 Å². The second-order valence-electron chi connectivity index (χ2n) is 1.17. The van der Waals surface area contributed by atoms with E-state index >= 15 is 0 Å². The van der Waals surface area contributed by atoms with Crippen molar-refractivity contribution in [1.29, 1.82) is 0 Å². The first-order valence-corrected chi connectivity index (χ1v) is 1.94. The molecule has 7 heavy (non-hydrogen) atoms. The largest absolute Gasteiger partial charge is 0.472 e. The Morgan fingerprint density at radius 2 is 1.86 bits per heavy atom. The van der Waals surface area contributed by atoms with Crippen LogP contribution in [-0.2, 0) is 0 Å². The van der Waals surface area contributed by atoms with E-state index in [9.17, 15) is 0 Å². The summed E-state index contributed by atoms with van der Waals surface area (Å²) in [6, 6.07) is 2.94. The van der Waals surface area contributed by atoms with Gasteiger partial charge in [0.25, 0.3) is 0 Å². The maximum atomic E-state index is 8.57. The monoisotopic (exact) mass is 97.0 g/mol. The molecule has 0 aromatic carbocycles. The third-order valence-corrected chi connectivity index (χ3v) is 0.635. The van der Waals surface area contributed by atoms with Crippen molar-refractivity contribution in [2.24, 2.45) is 0 Å². The SMILES string of the molecule is [OH+]=c1ccocc1. The van der Waals surface area contributed by atoms with Gasteiger partial charge in [-0.2, -0.15) is 0 Å². The highest BCUT2D eigenvalue weighted by molar-refractivity contribution is 4.82. The molecule has 0 atom stereocenters. The van der Waals surface area contributed by atoms with Crippen LogP contribution in [0.25, 0.3) is 0 Å². The normalized spacial score (nSPS) is 8.57. The Morgan fingerprint density at radius 1 is 1.29 bits per heavy atom. The molecule has 1 aromatic rings. The lowest BCUT2D eigenvalue weighted by molar-refractivity contribution is 0.520. The molecule has 0 aliphatic heterocycles. The van der Waals surface area contributed by atoms with Crippen LogP contribution in [0, 0.1) is 0 Å². The van der Waals surface area contributed by atoms with Crippen molar-refractivity contribution in [3.8, 4) is 0 Å². The van der Waals surface area contributed by atoms with Crippen molar-refractivity contribution in [2.45, 2.75) is 0 Å². The molecule has 1 N–H and O–H groups in total. The molecule has 2 heteroatoms. The van der Waals surface area contributed by atoms with Gasteiger partial charge in [0.15, 0.2) is 0 Å². The Kier molecular flexibility index (Phi) is 0.941. The molecular weight excluding hydrogens is 92.1 g/mol. The summed E-state index contributed by atoms with van der Waals surface area (Å²) in [4.78, 5) is 8.57. The van der Waals surface area contributed by atoms with Gasteiger partial charge in [-0.3, -0.25) is 4.79 Å². The standard InChI is InChI=1S/C5H4O2/c6-5-1-3-7-4-2-5/h1-4H/p+1. The minimum Gasteiger partial charge on any atom is -0.472 e. The summed E-state index contributed by atoms with van der Waals surface area (Å²) in [5, 5.41) is 0. The summed E-state index contributed by atoms with van der Waals surface area (Å²) < 4.78 is 4.60. The van der Waals surface area contributed by atoms with Crippen LogP contribution in [0.4, 0.5) is 0 Å². The molecule has 1 heterocycles. The Balaban J connectivity index is 3.28. The van der Waals surface area contributed by atoms with Gasteiger partial charge in [0, 0.05) is 0 Å². The van der Waals surface area contributed by atoms with Crippen LogP contribution in [0.2, 0.25) is 0 Å². The molecule has 0 bridgehead atoms. The highest BCUT2D eigenvalue weighted by Crippen LogP contribution is 1.71. The van der Waals surface area contributed by atoms with Crippen molar-refractivity contribution >= 4 is 0 Å². The quantitative estimate of drug-likeness (QED) is 0.428. The zero-order valence-corrected chi connectivity index (χ0v) is 3.66. The first-order chi connectivity index (χ1) is 3.39. The van der Waals surface area contributed by atoms with E-state index in [1.807, 2.05) is 0 Å². The van der Waals surface area contributed by atoms with Gasteiger partial charge in [0.05, 0.1) is 24.7 Å². The van der Waals surface area contributed by atoms with Crippen LogP contribution in [0.3, 0.4) is 0 Å². The molecular formula is C5H5O2+. The van der Waals surface area contributed by atoms with Gasteiger partial charge in [-0.05, 0) is 0 Å². The minimum atomic E-state index is 0.228. The summed E-state index contributed by atoms with van der Waals surface area (Å²) in [6.07, 6.45) is 2.82. The number of hydrogen-bond donors (Lipinski definition) is 0. The van der Waals surface area contributed by atoms with Crippen molar-refractivity contribution < 1.29 is 9.21 Å². The molecule has 0 fully saturated rings. The molecule has 36 valence electrons. The average Bonchev–Trinajstić information content (AvgIpc) is 1.69. The average molecular weight is 97.1 g/mol. The van der Waals surface area contributed by atoms with Crippen molar-refractivity contribution in [2.75, 3.05) is 0 Å². The van der Waals surface area contributed by atoms with Crippen LogP contribution in [0.5, 0.6) is 0 Å². The van der Waals surface area contributed by atoms with E-state index < -0.39 is 0 Å². The lowest BCUT2D eigenvalue weighted by Gasteiger charge is -1.69. The lowest BCUT2D eigenvalue weighted by Crippen LogP contribution is -1.94. The fraction of sp³-hybridized carbons (Fsp3) is 0. The summed E-state index contributed by atoms with van der Waals surface area (Å²) in [5.41, 5.74) is 0.228. The molecule has 0 unspecified atom stereocenters. The van der Waals surface area contributed by atoms with Gasteiger partial charge in [0.1, 0.15) is 0 Å². The fourth-order valence-corrected chi connectivity index (χ4v) is 0.319. The minimum absolute atomic E-state index is 0.228. The smallest absolute Gasteiger partial charge is 0.346 e. The van der Waals surface area contributed by atoms with E-state index in [4.69, 9.17) is 4.79 Å². The maximum absolute atomic E-state index is 8.57. The number of hydrogen-bond acceptors (Lipinski definition) is 1. The summed E-state index contributed by atoms with van der Waals surface area (Å²) in [5.74, 6) is 0. The van der Waals surface area contributed by atoms with E-state index in [-0.39, 0.29) is 5.43 Å². The molecule has 1 aromatic heterocycles. The Labute approximate surface area is 40.4 Å². The third kappa shape index (κ3) is 0.892. The van der Waals surface area contributed by atoms with Crippen LogP contribution in [0.15, 0.2) is 29.1 Å². The predicted octanol–water partition coefficient (Wildman–Crippen LogP) is 0.284. The second-order valence-corrected chi connectivity index (χ2v) is 1.17. The summed E-state index contributed by atoms with van der Waals surface area (Å²) in [7, 11) is 0. The van der Waals surface area contributed by atoms with Crippen molar-refractivity contribution in [1.82, 2.24) is 0 Å². The van der Waals surface area contributed by atoms with E-state index in [1.54, 1.807) is 0 Å². The topological polar surface area (TPSA) is 34.5 Å². The van der Waals surface area contributed by atoms with Crippen LogP contribution in [-0.4, -0.2) is 4.79 Å². The molecule has 2 nitrogen and oxygen atoms in total. The Hall–Kier alpha value is -1.05. The zero-order chi connectivity index (χ0) is 5.11. The van der Waals surface area contributed by atoms with Gasteiger partial charge in [-0.15, -0.1) is 0 Å². The van der Waals surface area contributed by atoms with E-state index in [2.05, 4.69) is 4.42 Å². The highest BCUT2D eigenvalue weighted by Gasteiger charge is 1.79. The molecule has 1 rings (SSSR count). The van der Waals surface area contributed by atoms with Crippen LogP contribution in [0.1, 0.15) is 0 Å². The van der Waals surface area contributed by atoms with Gasteiger partial charge in [-0.25, -0.2) is 0 Å². The van der Waals surface area contributed by atoms with Gasteiger partial charge in [-0.1, -0.05) is 0 Å². The predicted molar refractivity (Wildman–Crippen MR) is 23.8 cm³/mol. The van der Waals surface area contributed by atoms with E-state index in [0.29, 0.717) is 0 Å². The number of rotatable bonds is 0. The first-order valence-electron chi connectivity index (χ1n) is 1.94. The molecule has 0 aliphatic carbocycles. The fourth-order valence-electron chi connectivity index (χ4n) is 0.319. The van der Waals surface area contributed by atoms with Crippen LogP contribution >= 0.6 is 0 Å². The first kappa shape index (κ1) is 4.12. The highest BCUT2D eigenvalue weighted by atomic mass is 16.3. The van der Waals surface area contributed by atoms with Gasteiger partial charge < -0.3 is 4.42 Å². The molecule has 0 spiro atoms.